The summed E-state index contributed by atoms with van der Waals surface area (Å²) in [5.41, 5.74) is 0. The minimum absolute atomic E-state index is 0.322. The molecular weight excluding hydrogens is 354 g/mol. The Labute approximate surface area is 148 Å². The molecule has 0 radical (unpaired) electrons. The summed E-state index contributed by atoms with van der Waals surface area (Å²) in [6.07, 6.45) is 0.404. The van der Waals surface area contributed by atoms with Crippen LogP contribution in [-0.2, 0) is 40.1 Å². The van der Waals surface area contributed by atoms with Crippen LogP contribution in [0, 0.1) is 10.1 Å². The number of hydrogen-bond acceptors (Lipinski definition) is 10. The molecule has 2 atom stereocenters. The maximum Gasteiger partial charge on any atom is 0.436 e. The molecule has 1 heterocycles. The first-order chi connectivity index (χ1) is 12.2. The third-order valence-electron chi connectivity index (χ3n) is 2.92. The number of carbonyl (C=O) groups is 3. The molecule has 0 fully saturated rings. The van der Waals surface area contributed by atoms with E-state index in [0.717, 1.165) is 11.5 Å². The van der Waals surface area contributed by atoms with Gasteiger partial charge in [0.25, 0.3) is 0 Å². The Morgan fingerprint density at radius 1 is 1.12 bits per heavy atom. The van der Waals surface area contributed by atoms with Gasteiger partial charge in [-0.25, -0.2) is 4.57 Å². The van der Waals surface area contributed by atoms with E-state index in [1.807, 2.05) is 0 Å². The van der Waals surface area contributed by atoms with Crippen molar-refractivity contribution >= 4 is 23.9 Å². The molecule has 144 valence electrons. The second-order valence-electron chi connectivity index (χ2n) is 5.04. The number of carbonyl (C=O) groups excluding carboxylic acids is 3. The van der Waals surface area contributed by atoms with Gasteiger partial charge in [-0.3, -0.25) is 14.4 Å². The number of esters is 3. The van der Waals surface area contributed by atoms with E-state index >= 15 is 0 Å². The van der Waals surface area contributed by atoms with Crippen molar-refractivity contribution in [3.05, 3.63) is 22.5 Å². The largest absolute Gasteiger partial charge is 0.463 e. The molecule has 2 unspecified atom stereocenters. The van der Waals surface area contributed by atoms with E-state index in [1.165, 1.54) is 26.2 Å². The van der Waals surface area contributed by atoms with E-state index in [2.05, 4.69) is 4.98 Å². The van der Waals surface area contributed by atoms with Crippen LogP contribution in [0.15, 0.2) is 12.4 Å². The molecule has 1 rings (SSSR count). The van der Waals surface area contributed by atoms with Crippen LogP contribution < -0.4 is 0 Å². The van der Waals surface area contributed by atoms with Gasteiger partial charge in [0.05, 0.1) is 0 Å². The van der Waals surface area contributed by atoms with Crippen molar-refractivity contribution in [3.63, 3.8) is 0 Å². The number of aromatic nitrogens is 2. The van der Waals surface area contributed by atoms with Gasteiger partial charge < -0.3 is 29.1 Å². The number of hydrogen-bond donors (Lipinski definition) is 0. The van der Waals surface area contributed by atoms with E-state index in [1.54, 1.807) is 0 Å². The first-order valence-electron chi connectivity index (χ1n) is 7.41. The minimum Gasteiger partial charge on any atom is -0.463 e. The lowest BCUT2D eigenvalue weighted by atomic mass is 10.2. The fourth-order valence-electron chi connectivity index (χ4n) is 1.84. The van der Waals surface area contributed by atoms with Crippen molar-refractivity contribution in [3.8, 4) is 0 Å². The standard InChI is InChI=1S/C14H19N3O9/c1-9(18)23-6-12(13(26-11(3)20)7-24-10(2)19)25-8-16-5-4-15-14(16)17(21)22/h4-5,12-13H,6-8H2,1-3H3. The maximum atomic E-state index is 11.3. The normalized spacial score (nSPS) is 12.7. The van der Waals surface area contributed by atoms with E-state index in [9.17, 15) is 24.5 Å². The molecule has 12 nitrogen and oxygen atoms in total. The van der Waals surface area contributed by atoms with Gasteiger partial charge in [0.1, 0.15) is 31.7 Å². The fraction of sp³-hybridized carbons (Fsp3) is 0.571. The molecule has 1 aromatic heterocycles. The minimum atomic E-state index is -1.08. The Hall–Kier alpha value is -3.02. The Morgan fingerprint density at radius 3 is 2.19 bits per heavy atom. The lowest BCUT2D eigenvalue weighted by molar-refractivity contribution is -0.397. The fourth-order valence-corrected chi connectivity index (χ4v) is 1.84. The molecule has 0 N–H and O–H groups in total. The summed E-state index contributed by atoms with van der Waals surface area (Å²) in [4.78, 5) is 47.1. The summed E-state index contributed by atoms with van der Waals surface area (Å²) in [6, 6.07) is 0. The topological polar surface area (TPSA) is 149 Å². The summed E-state index contributed by atoms with van der Waals surface area (Å²) in [5.74, 6) is -2.35. The summed E-state index contributed by atoms with van der Waals surface area (Å²) < 4.78 is 21.3. The van der Waals surface area contributed by atoms with Gasteiger partial charge in [0, 0.05) is 20.8 Å². The van der Waals surface area contributed by atoms with E-state index in [4.69, 9.17) is 18.9 Å². The Bertz CT molecular complexity index is 658. The van der Waals surface area contributed by atoms with E-state index < -0.39 is 41.0 Å². The van der Waals surface area contributed by atoms with Crippen molar-refractivity contribution < 1.29 is 38.3 Å². The smallest absolute Gasteiger partial charge is 0.436 e. The van der Waals surface area contributed by atoms with Gasteiger partial charge >= 0.3 is 23.9 Å². The van der Waals surface area contributed by atoms with Crippen LogP contribution in [0.4, 0.5) is 5.95 Å². The van der Waals surface area contributed by atoms with Crippen LogP contribution in [-0.4, -0.2) is 57.8 Å². The van der Waals surface area contributed by atoms with Crippen molar-refractivity contribution in [2.24, 2.45) is 0 Å². The Morgan fingerprint density at radius 2 is 1.69 bits per heavy atom. The summed E-state index contributed by atoms with van der Waals surface area (Å²) >= 11 is 0. The number of nitro groups is 1. The SMILES string of the molecule is CC(=O)OCC(OCn1ccnc1[N+](=O)[O-])C(COC(C)=O)OC(C)=O. The highest BCUT2D eigenvalue weighted by Gasteiger charge is 2.29. The summed E-state index contributed by atoms with van der Waals surface area (Å²) in [7, 11) is 0. The second-order valence-corrected chi connectivity index (χ2v) is 5.04. The van der Waals surface area contributed by atoms with Crippen LogP contribution in [0.1, 0.15) is 20.8 Å². The van der Waals surface area contributed by atoms with Crippen LogP contribution >= 0.6 is 0 Å². The van der Waals surface area contributed by atoms with Gasteiger partial charge in [-0.15, -0.1) is 0 Å². The second kappa shape index (κ2) is 10.1. The first kappa shape index (κ1) is 21.0. The number of imidazole rings is 1. The summed E-state index contributed by atoms with van der Waals surface area (Å²) in [6.45, 7) is 2.49. The zero-order valence-corrected chi connectivity index (χ0v) is 14.4. The molecular formula is C14H19N3O9. The third-order valence-corrected chi connectivity index (χ3v) is 2.92. The number of rotatable bonds is 10. The zero-order valence-electron chi connectivity index (χ0n) is 14.4. The molecule has 0 aliphatic rings. The van der Waals surface area contributed by atoms with E-state index in [-0.39, 0.29) is 19.9 Å². The molecule has 26 heavy (non-hydrogen) atoms. The molecule has 0 spiro atoms. The van der Waals surface area contributed by atoms with Crippen molar-refractivity contribution in [2.45, 2.75) is 39.7 Å². The lowest BCUT2D eigenvalue weighted by Crippen LogP contribution is -2.41. The van der Waals surface area contributed by atoms with Gasteiger partial charge in [-0.2, -0.15) is 0 Å². The van der Waals surface area contributed by atoms with Crippen molar-refractivity contribution in [1.29, 1.82) is 0 Å². The lowest BCUT2D eigenvalue weighted by Gasteiger charge is -2.25. The predicted molar refractivity (Wildman–Crippen MR) is 82.6 cm³/mol. The van der Waals surface area contributed by atoms with Gasteiger partial charge in [-0.1, -0.05) is 4.98 Å². The molecule has 0 amide bonds. The van der Waals surface area contributed by atoms with Crippen LogP contribution in [0.25, 0.3) is 0 Å². The third kappa shape index (κ3) is 7.25. The van der Waals surface area contributed by atoms with Crippen molar-refractivity contribution in [2.75, 3.05) is 13.2 Å². The number of ether oxygens (including phenoxy) is 4. The number of nitrogens with zero attached hydrogens (tertiary/aromatic N) is 3. The maximum absolute atomic E-state index is 11.3. The van der Waals surface area contributed by atoms with Crippen LogP contribution in [0.5, 0.6) is 0 Å². The molecule has 0 aromatic carbocycles. The molecule has 0 saturated heterocycles. The monoisotopic (exact) mass is 373 g/mol. The first-order valence-corrected chi connectivity index (χ1v) is 7.41. The van der Waals surface area contributed by atoms with Gasteiger partial charge in [0.2, 0.25) is 0 Å². The predicted octanol–water partition coefficient (Wildman–Crippen LogP) is 0.192. The molecule has 1 aromatic rings. The molecule has 0 aliphatic carbocycles. The van der Waals surface area contributed by atoms with Crippen LogP contribution in [0.2, 0.25) is 0 Å². The average Bonchev–Trinajstić information content (AvgIpc) is 2.99. The average molecular weight is 373 g/mol. The van der Waals surface area contributed by atoms with E-state index in [0.29, 0.717) is 0 Å². The van der Waals surface area contributed by atoms with Crippen LogP contribution in [0.3, 0.4) is 0 Å². The molecule has 0 saturated carbocycles. The highest BCUT2D eigenvalue weighted by molar-refractivity contribution is 5.67. The van der Waals surface area contributed by atoms with Gasteiger partial charge in [0.15, 0.2) is 12.8 Å². The Kier molecular flexibility index (Phi) is 8.15. The van der Waals surface area contributed by atoms with Crippen molar-refractivity contribution in [1.82, 2.24) is 9.55 Å². The molecule has 0 aliphatic heterocycles. The highest BCUT2D eigenvalue weighted by atomic mass is 16.6. The molecule has 0 bridgehead atoms. The zero-order chi connectivity index (χ0) is 19.7. The molecule has 12 heteroatoms. The highest BCUT2D eigenvalue weighted by Crippen LogP contribution is 2.12. The Balaban J connectivity index is 2.89. The summed E-state index contributed by atoms with van der Waals surface area (Å²) in [5, 5.41) is 10.9. The quantitative estimate of drug-likeness (QED) is 0.241. The van der Waals surface area contributed by atoms with Gasteiger partial charge in [-0.05, 0) is 4.92 Å².